The van der Waals surface area contributed by atoms with E-state index in [0.29, 0.717) is 22.7 Å². The minimum atomic E-state index is -4.37. The zero-order valence-corrected chi connectivity index (χ0v) is 20.6. The van der Waals surface area contributed by atoms with Crippen molar-refractivity contribution in [3.05, 3.63) is 60.0 Å². The first kappa shape index (κ1) is 25.5. The first-order chi connectivity index (χ1) is 16.0. The Labute approximate surface area is 198 Å². The van der Waals surface area contributed by atoms with Crippen LogP contribution in [0.3, 0.4) is 0 Å². The number of hydrogen-bond donors (Lipinski definition) is 0. The van der Waals surface area contributed by atoms with Crippen LogP contribution in [0.4, 0.5) is 0 Å². The van der Waals surface area contributed by atoms with Gasteiger partial charge >= 0.3 is 16.1 Å². The van der Waals surface area contributed by atoms with Gasteiger partial charge in [-0.05, 0) is 42.1 Å². The topological polar surface area (TPSA) is 133 Å². The first-order valence-corrected chi connectivity index (χ1v) is 13.5. The van der Waals surface area contributed by atoms with Crippen LogP contribution in [0.15, 0.2) is 53.7 Å². The molecule has 0 bridgehead atoms. The summed E-state index contributed by atoms with van der Waals surface area (Å²) in [5, 5.41) is 0.411. The normalized spacial score (nSPS) is 12.1. The van der Waals surface area contributed by atoms with Gasteiger partial charge in [-0.1, -0.05) is 37.5 Å². The molecule has 0 spiro atoms. The molecule has 0 aliphatic carbocycles. The molecule has 3 rings (SSSR count). The van der Waals surface area contributed by atoms with Gasteiger partial charge in [0.05, 0.1) is 5.75 Å². The van der Waals surface area contributed by atoms with E-state index in [4.69, 9.17) is 9.02 Å². The van der Waals surface area contributed by atoms with Crippen LogP contribution in [0.25, 0.3) is 10.9 Å². The Bertz CT molecular complexity index is 1390. The standard InChI is InChI=1S/C22H25N3O7S2/c1-4-5-6-14-33(27,28)25(3)31-22(26)20-21(19-17(15-24-20)8-7-13-23-19)32-34(29,30)18-11-9-16(2)10-12-18/h7-13,15H,4-6,14H2,1-3H3. The molecule has 12 heteroatoms. The van der Waals surface area contributed by atoms with Gasteiger partial charge in [-0.2, -0.15) is 8.42 Å². The summed E-state index contributed by atoms with van der Waals surface area (Å²) in [5.41, 5.74) is 0.367. The third kappa shape index (κ3) is 5.88. The fourth-order valence-electron chi connectivity index (χ4n) is 2.98. The molecule has 0 radical (unpaired) electrons. The van der Waals surface area contributed by atoms with Gasteiger partial charge in [-0.25, -0.2) is 18.2 Å². The van der Waals surface area contributed by atoms with Crippen molar-refractivity contribution in [2.75, 3.05) is 12.8 Å². The van der Waals surface area contributed by atoms with E-state index in [1.54, 1.807) is 31.2 Å². The Kier molecular flexibility index (Phi) is 7.85. The summed E-state index contributed by atoms with van der Waals surface area (Å²) < 4.78 is 56.4. The van der Waals surface area contributed by atoms with Crippen LogP contribution in [0.2, 0.25) is 0 Å². The van der Waals surface area contributed by atoms with Crippen molar-refractivity contribution in [1.82, 2.24) is 14.4 Å². The number of fused-ring (bicyclic) bond motifs is 1. The Morgan fingerprint density at radius 2 is 1.74 bits per heavy atom. The number of nitrogens with zero attached hydrogens (tertiary/aromatic N) is 3. The molecule has 34 heavy (non-hydrogen) atoms. The van der Waals surface area contributed by atoms with Crippen LogP contribution in [-0.2, 0) is 25.0 Å². The molecular weight excluding hydrogens is 482 g/mol. The van der Waals surface area contributed by atoms with E-state index in [-0.39, 0.29) is 16.2 Å². The van der Waals surface area contributed by atoms with Crippen molar-refractivity contribution >= 4 is 37.0 Å². The van der Waals surface area contributed by atoms with Gasteiger partial charge < -0.3 is 9.02 Å². The SMILES string of the molecule is CCCCCS(=O)(=O)N(C)OC(=O)c1ncc2cccnc2c1OS(=O)(=O)c1ccc(C)cc1. The first-order valence-electron chi connectivity index (χ1n) is 10.5. The maximum atomic E-state index is 12.9. The molecule has 2 aromatic heterocycles. The average Bonchev–Trinajstić information content (AvgIpc) is 2.79. The smallest absolute Gasteiger partial charge is 0.374 e. The zero-order chi connectivity index (χ0) is 24.9. The van der Waals surface area contributed by atoms with Gasteiger partial charge in [0.1, 0.15) is 10.4 Å². The highest BCUT2D eigenvalue weighted by Gasteiger charge is 2.29. The van der Waals surface area contributed by atoms with Crippen molar-refractivity contribution < 1.29 is 30.7 Å². The van der Waals surface area contributed by atoms with Gasteiger partial charge in [0.15, 0.2) is 5.69 Å². The minimum Gasteiger partial charge on any atom is -0.374 e. The molecule has 0 saturated heterocycles. The lowest BCUT2D eigenvalue weighted by Gasteiger charge is -2.17. The maximum absolute atomic E-state index is 12.9. The molecule has 182 valence electrons. The Morgan fingerprint density at radius 3 is 2.41 bits per heavy atom. The van der Waals surface area contributed by atoms with Gasteiger partial charge in [-0.3, -0.25) is 4.98 Å². The van der Waals surface area contributed by atoms with E-state index in [9.17, 15) is 21.6 Å². The highest BCUT2D eigenvalue weighted by Crippen LogP contribution is 2.30. The zero-order valence-electron chi connectivity index (χ0n) is 19.0. The fourth-order valence-corrected chi connectivity index (χ4v) is 4.93. The molecule has 0 amide bonds. The van der Waals surface area contributed by atoms with Crippen LogP contribution >= 0.6 is 0 Å². The Morgan fingerprint density at radius 1 is 1.03 bits per heavy atom. The predicted molar refractivity (Wildman–Crippen MR) is 125 cm³/mol. The van der Waals surface area contributed by atoms with Crippen LogP contribution < -0.4 is 4.18 Å². The lowest BCUT2D eigenvalue weighted by molar-refractivity contribution is -0.0303. The molecular formula is C22H25N3O7S2. The molecule has 0 unspecified atom stereocenters. The summed E-state index contributed by atoms with van der Waals surface area (Å²) in [6, 6.07) is 9.15. The van der Waals surface area contributed by atoms with Crippen molar-refractivity contribution in [2.45, 2.75) is 38.0 Å². The largest absolute Gasteiger partial charge is 0.380 e. The number of rotatable bonds is 10. The number of pyridine rings is 2. The molecule has 0 aliphatic heterocycles. The summed E-state index contributed by atoms with van der Waals surface area (Å²) in [5.74, 6) is -1.87. The van der Waals surface area contributed by atoms with Crippen molar-refractivity contribution in [3.8, 4) is 5.75 Å². The lowest BCUT2D eigenvalue weighted by atomic mass is 10.2. The molecule has 3 aromatic rings. The number of aromatic nitrogens is 2. The number of unbranched alkanes of at least 4 members (excludes halogenated alkanes) is 2. The number of carbonyl (C=O) groups is 1. The van der Waals surface area contributed by atoms with Crippen molar-refractivity contribution in [1.29, 1.82) is 0 Å². The van der Waals surface area contributed by atoms with E-state index in [1.165, 1.54) is 24.5 Å². The van der Waals surface area contributed by atoms with Gasteiger partial charge in [0.25, 0.3) is 0 Å². The summed E-state index contributed by atoms with van der Waals surface area (Å²) in [7, 11) is -7.17. The van der Waals surface area contributed by atoms with Crippen molar-refractivity contribution in [2.24, 2.45) is 0 Å². The van der Waals surface area contributed by atoms with E-state index < -0.39 is 37.6 Å². The molecule has 2 heterocycles. The maximum Gasteiger partial charge on any atom is 0.380 e. The predicted octanol–water partition coefficient (Wildman–Crippen LogP) is 3.23. The minimum absolute atomic E-state index is 0.0496. The molecule has 1 aromatic carbocycles. The molecule has 0 fully saturated rings. The van der Waals surface area contributed by atoms with Crippen LogP contribution in [0, 0.1) is 6.92 Å². The van der Waals surface area contributed by atoms with Gasteiger partial charge in [-0.15, -0.1) is 0 Å². The Balaban J connectivity index is 1.98. The van der Waals surface area contributed by atoms with Crippen LogP contribution in [0.1, 0.15) is 42.2 Å². The van der Waals surface area contributed by atoms with E-state index in [0.717, 1.165) is 19.0 Å². The summed E-state index contributed by atoms with van der Waals surface area (Å²) >= 11 is 0. The second-order valence-electron chi connectivity index (χ2n) is 7.54. The second-order valence-corrected chi connectivity index (χ2v) is 11.2. The average molecular weight is 508 g/mol. The molecule has 0 saturated carbocycles. The Hall–Kier alpha value is -3.09. The molecule has 0 atom stereocenters. The molecule has 0 N–H and O–H groups in total. The number of sulfonamides is 1. The highest BCUT2D eigenvalue weighted by atomic mass is 32.2. The van der Waals surface area contributed by atoms with Gasteiger partial charge in [0, 0.05) is 24.8 Å². The monoisotopic (exact) mass is 507 g/mol. The number of hydrogen-bond acceptors (Lipinski definition) is 9. The van der Waals surface area contributed by atoms with Gasteiger partial charge in [0.2, 0.25) is 15.8 Å². The van der Waals surface area contributed by atoms with E-state index in [2.05, 4.69) is 9.97 Å². The number of hydroxylamine groups is 1. The fraction of sp³-hybridized carbons (Fsp3) is 0.318. The third-order valence-electron chi connectivity index (χ3n) is 4.91. The molecule has 0 aliphatic rings. The summed E-state index contributed by atoms with van der Waals surface area (Å²) in [6.07, 6.45) is 4.62. The van der Waals surface area contributed by atoms with Crippen LogP contribution in [-0.4, -0.2) is 50.0 Å². The number of carbonyl (C=O) groups excluding carboxylic acids is 1. The van der Waals surface area contributed by atoms with E-state index in [1.807, 2.05) is 6.92 Å². The highest BCUT2D eigenvalue weighted by molar-refractivity contribution is 7.88. The summed E-state index contributed by atoms with van der Waals surface area (Å²) in [6.45, 7) is 3.73. The lowest BCUT2D eigenvalue weighted by Crippen LogP contribution is -2.32. The van der Waals surface area contributed by atoms with E-state index >= 15 is 0 Å². The second kappa shape index (κ2) is 10.5. The number of aryl methyl sites for hydroxylation is 1. The summed E-state index contributed by atoms with van der Waals surface area (Å²) in [4.78, 5) is 25.8. The third-order valence-corrected chi connectivity index (χ3v) is 7.81. The number of benzene rings is 1. The quantitative estimate of drug-likeness (QED) is 0.230. The molecule has 10 nitrogen and oxygen atoms in total. The van der Waals surface area contributed by atoms with Crippen molar-refractivity contribution in [3.63, 3.8) is 0 Å². The van der Waals surface area contributed by atoms with Crippen LogP contribution in [0.5, 0.6) is 5.75 Å².